The zero-order valence-electron chi connectivity index (χ0n) is 8.31. The van der Waals surface area contributed by atoms with Crippen LogP contribution in [0.25, 0.3) is 0 Å². The molecule has 6 heteroatoms. The Morgan fingerprint density at radius 2 is 2.00 bits per heavy atom. The first-order valence-electron chi connectivity index (χ1n) is 4.73. The van der Waals surface area contributed by atoms with E-state index in [1.165, 1.54) is 0 Å². The minimum atomic E-state index is -3.83. The molecule has 0 aliphatic heterocycles. The molecule has 2 N–H and O–H groups in total. The van der Waals surface area contributed by atoms with Crippen molar-refractivity contribution in [3.63, 3.8) is 0 Å². The Morgan fingerprint density at radius 1 is 1.36 bits per heavy atom. The predicted octanol–water partition coefficient (Wildman–Crippen LogP) is 0.412. The third-order valence-corrected chi connectivity index (χ3v) is 2.99. The van der Waals surface area contributed by atoms with Gasteiger partial charge in [0.05, 0.1) is 12.7 Å². The smallest absolute Gasteiger partial charge is 0.333 e. The Balaban J connectivity index is 2.54. The summed E-state index contributed by atoms with van der Waals surface area (Å²) in [5, 5.41) is 4.83. The van der Waals surface area contributed by atoms with E-state index < -0.39 is 10.3 Å². The highest BCUT2D eigenvalue weighted by atomic mass is 32.2. The van der Waals surface area contributed by atoms with E-state index in [0.717, 1.165) is 25.7 Å². The number of hydrogen-bond acceptors (Lipinski definition) is 4. The van der Waals surface area contributed by atoms with Crippen molar-refractivity contribution in [3.05, 3.63) is 0 Å². The Labute approximate surface area is 84.8 Å². The summed E-state index contributed by atoms with van der Waals surface area (Å²) >= 11 is 0. The lowest BCUT2D eigenvalue weighted by molar-refractivity contribution is 0.0400. The summed E-state index contributed by atoms with van der Waals surface area (Å²) < 4.78 is 31.4. The summed E-state index contributed by atoms with van der Waals surface area (Å²) in [6.45, 7) is 0.528. The molecule has 0 heterocycles. The van der Waals surface area contributed by atoms with E-state index in [0.29, 0.717) is 6.61 Å². The second kappa shape index (κ2) is 5.06. The molecule has 84 valence electrons. The Bertz CT molecular complexity index is 263. The minimum absolute atomic E-state index is 0.145. The Kier molecular flexibility index (Phi) is 4.31. The van der Waals surface area contributed by atoms with Gasteiger partial charge in [-0.3, -0.25) is 4.18 Å². The lowest BCUT2D eigenvalue weighted by Crippen LogP contribution is -2.34. The molecular formula is C8H17NO4S. The van der Waals surface area contributed by atoms with Gasteiger partial charge in [-0.05, 0) is 12.8 Å². The molecule has 1 fully saturated rings. The fraction of sp³-hybridized carbons (Fsp3) is 1.00. The number of methoxy groups -OCH3 is 1. The third-order valence-electron chi connectivity index (χ3n) is 2.48. The lowest BCUT2D eigenvalue weighted by Gasteiger charge is -2.29. The van der Waals surface area contributed by atoms with E-state index in [4.69, 9.17) is 14.1 Å². The second-order valence-corrected chi connectivity index (χ2v) is 4.81. The van der Waals surface area contributed by atoms with Crippen LogP contribution in [0, 0.1) is 5.92 Å². The van der Waals surface area contributed by atoms with E-state index in [1.807, 2.05) is 0 Å². The summed E-state index contributed by atoms with van der Waals surface area (Å²) in [4.78, 5) is 0. The van der Waals surface area contributed by atoms with E-state index in [2.05, 4.69) is 0 Å². The maximum Gasteiger partial charge on any atom is 0.333 e. The average Bonchev–Trinajstić information content (AvgIpc) is 2.06. The molecule has 0 bridgehead atoms. The van der Waals surface area contributed by atoms with Crippen LogP contribution < -0.4 is 5.14 Å². The van der Waals surface area contributed by atoms with Crippen LogP contribution in [0.15, 0.2) is 0 Å². The molecule has 1 saturated carbocycles. The molecule has 0 saturated heterocycles. The molecule has 0 aromatic heterocycles. The van der Waals surface area contributed by atoms with Gasteiger partial charge < -0.3 is 4.74 Å². The summed E-state index contributed by atoms with van der Waals surface area (Å²) in [5.41, 5.74) is 0. The maximum atomic E-state index is 10.8. The quantitative estimate of drug-likeness (QED) is 0.748. The molecule has 0 unspecified atom stereocenters. The number of rotatable bonds is 4. The third kappa shape index (κ3) is 3.91. The van der Waals surface area contributed by atoms with Crippen LogP contribution in [-0.4, -0.2) is 28.2 Å². The van der Waals surface area contributed by atoms with Gasteiger partial charge in [-0.15, -0.1) is 0 Å². The van der Waals surface area contributed by atoms with Gasteiger partial charge in [-0.1, -0.05) is 12.8 Å². The number of nitrogens with two attached hydrogens (primary N) is 1. The van der Waals surface area contributed by atoms with Crippen LogP contribution in [0.2, 0.25) is 0 Å². The van der Waals surface area contributed by atoms with Crippen LogP contribution in [0.5, 0.6) is 0 Å². The van der Waals surface area contributed by atoms with Gasteiger partial charge >= 0.3 is 10.3 Å². The highest BCUT2D eigenvalue weighted by Crippen LogP contribution is 2.27. The topological polar surface area (TPSA) is 78.6 Å². The van der Waals surface area contributed by atoms with Crippen LogP contribution >= 0.6 is 0 Å². The van der Waals surface area contributed by atoms with Crippen molar-refractivity contribution in [1.82, 2.24) is 0 Å². The Hall–Kier alpha value is -0.170. The molecule has 0 aromatic carbocycles. The van der Waals surface area contributed by atoms with Gasteiger partial charge in [0, 0.05) is 13.0 Å². The SMILES string of the molecule is COC[C@@H]1CCCC[C@@H]1OS(N)(=O)=O. The fourth-order valence-corrected chi connectivity index (χ4v) is 2.48. The van der Waals surface area contributed by atoms with E-state index in [-0.39, 0.29) is 12.0 Å². The van der Waals surface area contributed by atoms with Gasteiger partial charge in [0.15, 0.2) is 0 Å². The van der Waals surface area contributed by atoms with Crippen LogP contribution in [0.3, 0.4) is 0 Å². The first-order chi connectivity index (χ1) is 6.53. The molecule has 1 aliphatic carbocycles. The molecule has 0 aromatic rings. The van der Waals surface area contributed by atoms with E-state index in [1.54, 1.807) is 7.11 Å². The highest BCUT2D eigenvalue weighted by Gasteiger charge is 2.28. The van der Waals surface area contributed by atoms with E-state index >= 15 is 0 Å². The zero-order chi connectivity index (χ0) is 10.6. The summed E-state index contributed by atoms with van der Waals surface area (Å²) in [7, 11) is -2.23. The highest BCUT2D eigenvalue weighted by molar-refractivity contribution is 7.84. The molecule has 14 heavy (non-hydrogen) atoms. The summed E-state index contributed by atoms with van der Waals surface area (Å²) in [6, 6.07) is 0. The van der Waals surface area contributed by atoms with Crippen LogP contribution in [0.4, 0.5) is 0 Å². The number of ether oxygens (including phenoxy) is 1. The lowest BCUT2D eigenvalue weighted by atomic mass is 9.87. The normalized spacial score (nSPS) is 29.0. The Morgan fingerprint density at radius 3 is 2.57 bits per heavy atom. The maximum absolute atomic E-state index is 10.8. The van der Waals surface area contributed by atoms with Crippen molar-refractivity contribution >= 4 is 10.3 Å². The fourth-order valence-electron chi connectivity index (χ4n) is 1.88. The zero-order valence-corrected chi connectivity index (χ0v) is 9.13. The molecular weight excluding hydrogens is 206 g/mol. The molecule has 1 rings (SSSR count). The minimum Gasteiger partial charge on any atom is -0.384 e. The molecule has 0 spiro atoms. The molecule has 2 atom stereocenters. The van der Waals surface area contributed by atoms with Gasteiger partial charge in [0.25, 0.3) is 0 Å². The molecule has 0 amide bonds. The van der Waals surface area contributed by atoms with Crippen LogP contribution in [0.1, 0.15) is 25.7 Å². The van der Waals surface area contributed by atoms with Crippen molar-refractivity contribution in [2.45, 2.75) is 31.8 Å². The van der Waals surface area contributed by atoms with Crippen molar-refractivity contribution in [1.29, 1.82) is 0 Å². The van der Waals surface area contributed by atoms with Crippen molar-refractivity contribution in [2.75, 3.05) is 13.7 Å². The summed E-state index contributed by atoms with van der Waals surface area (Å²) in [5.74, 6) is 0.145. The van der Waals surface area contributed by atoms with E-state index in [9.17, 15) is 8.42 Å². The molecule has 1 aliphatic rings. The van der Waals surface area contributed by atoms with Gasteiger partial charge in [-0.2, -0.15) is 8.42 Å². The molecule has 5 nitrogen and oxygen atoms in total. The first-order valence-corrected chi connectivity index (χ1v) is 6.20. The van der Waals surface area contributed by atoms with Gasteiger partial charge in [0.2, 0.25) is 0 Å². The van der Waals surface area contributed by atoms with Gasteiger partial charge in [0.1, 0.15) is 0 Å². The van der Waals surface area contributed by atoms with Crippen molar-refractivity contribution in [2.24, 2.45) is 11.1 Å². The second-order valence-electron chi connectivity index (χ2n) is 3.63. The monoisotopic (exact) mass is 223 g/mol. The molecule has 0 radical (unpaired) electrons. The largest absolute Gasteiger partial charge is 0.384 e. The van der Waals surface area contributed by atoms with Crippen molar-refractivity contribution in [3.8, 4) is 0 Å². The van der Waals surface area contributed by atoms with Gasteiger partial charge in [-0.25, -0.2) is 5.14 Å². The van der Waals surface area contributed by atoms with Crippen molar-refractivity contribution < 1.29 is 17.3 Å². The predicted molar refractivity (Wildman–Crippen MR) is 51.8 cm³/mol. The summed E-state index contributed by atoms with van der Waals surface area (Å²) in [6.07, 6.45) is 3.45. The van der Waals surface area contributed by atoms with Crippen LogP contribution in [-0.2, 0) is 19.2 Å². The number of hydrogen-bond donors (Lipinski definition) is 1. The standard InChI is InChI=1S/C8H17NO4S/c1-12-6-7-4-2-3-5-8(7)13-14(9,10)11/h7-8H,2-6H2,1H3,(H2,9,10,11)/t7-,8-/m0/s1. The first kappa shape index (κ1) is 11.9. The average molecular weight is 223 g/mol.